The molecule has 0 fully saturated rings. The van der Waals surface area contributed by atoms with Gasteiger partial charge in [-0.2, -0.15) is 0 Å². The molecule has 0 aromatic heterocycles. The Bertz CT molecular complexity index is 743. The zero-order valence-electron chi connectivity index (χ0n) is 14.0. The first-order valence-corrected chi connectivity index (χ1v) is 8.07. The standard InChI is InChI=1S/C19H20ClNO3/c1-13(2)21(17-9-5-4-8-16(17)20)19(23)12-24-18-10-6-7-14(3)15(18)11-22/h4-11,13H,12H2,1-3H3. The first kappa shape index (κ1) is 18.0. The van der Waals surface area contributed by atoms with Crippen LogP contribution in [0.3, 0.4) is 0 Å². The van der Waals surface area contributed by atoms with Crippen LogP contribution >= 0.6 is 11.6 Å². The van der Waals surface area contributed by atoms with Gasteiger partial charge >= 0.3 is 0 Å². The molecule has 0 aliphatic carbocycles. The van der Waals surface area contributed by atoms with Gasteiger partial charge in [0.25, 0.3) is 5.91 Å². The Kier molecular flexibility index (Phi) is 5.99. The molecule has 4 nitrogen and oxygen atoms in total. The SMILES string of the molecule is Cc1cccc(OCC(=O)N(c2ccccc2Cl)C(C)C)c1C=O. The van der Waals surface area contributed by atoms with Gasteiger partial charge in [0.05, 0.1) is 16.3 Å². The fraction of sp³-hybridized carbons (Fsp3) is 0.263. The molecule has 0 heterocycles. The Morgan fingerprint density at radius 2 is 1.92 bits per heavy atom. The van der Waals surface area contributed by atoms with Crippen molar-refractivity contribution in [3.63, 3.8) is 0 Å². The zero-order valence-corrected chi connectivity index (χ0v) is 14.7. The molecule has 1 amide bonds. The molecule has 126 valence electrons. The average molecular weight is 346 g/mol. The zero-order chi connectivity index (χ0) is 17.7. The quantitative estimate of drug-likeness (QED) is 0.734. The highest BCUT2D eigenvalue weighted by atomic mass is 35.5. The highest BCUT2D eigenvalue weighted by molar-refractivity contribution is 6.33. The van der Waals surface area contributed by atoms with Crippen LogP contribution in [-0.4, -0.2) is 24.8 Å². The molecule has 0 aliphatic heterocycles. The van der Waals surface area contributed by atoms with E-state index >= 15 is 0 Å². The maximum Gasteiger partial charge on any atom is 0.265 e. The summed E-state index contributed by atoms with van der Waals surface area (Å²) in [6, 6.07) is 12.4. The van der Waals surface area contributed by atoms with Crippen LogP contribution in [-0.2, 0) is 4.79 Å². The van der Waals surface area contributed by atoms with Crippen LogP contribution in [0, 0.1) is 6.92 Å². The number of aldehydes is 1. The minimum atomic E-state index is -0.226. The van der Waals surface area contributed by atoms with Gasteiger partial charge in [-0.25, -0.2) is 0 Å². The number of halogens is 1. The molecule has 24 heavy (non-hydrogen) atoms. The summed E-state index contributed by atoms with van der Waals surface area (Å²) in [5.41, 5.74) is 1.91. The van der Waals surface area contributed by atoms with Crippen LogP contribution < -0.4 is 9.64 Å². The van der Waals surface area contributed by atoms with Gasteiger partial charge in [-0.1, -0.05) is 35.9 Å². The van der Waals surface area contributed by atoms with Crippen molar-refractivity contribution in [3.05, 3.63) is 58.6 Å². The normalized spacial score (nSPS) is 10.5. The number of anilines is 1. The van der Waals surface area contributed by atoms with E-state index in [1.807, 2.05) is 39.0 Å². The van der Waals surface area contributed by atoms with Gasteiger partial charge in [-0.05, 0) is 44.5 Å². The third kappa shape index (κ3) is 3.95. The molecule has 2 aromatic carbocycles. The second-order valence-corrected chi connectivity index (χ2v) is 6.11. The van der Waals surface area contributed by atoms with Crippen molar-refractivity contribution in [1.82, 2.24) is 0 Å². The highest BCUT2D eigenvalue weighted by Crippen LogP contribution is 2.27. The Morgan fingerprint density at radius 3 is 2.54 bits per heavy atom. The second kappa shape index (κ2) is 7.97. The van der Waals surface area contributed by atoms with Gasteiger partial charge in [-0.3, -0.25) is 9.59 Å². The predicted octanol–water partition coefficient (Wildman–Crippen LogP) is 4.28. The number of benzene rings is 2. The summed E-state index contributed by atoms with van der Waals surface area (Å²) in [7, 11) is 0. The number of hydrogen-bond donors (Lipinski definition) is 0. The summed E-state index contributed by atoms with van der Waals surface area (Å²) in [4.78, 5) is 25.5. The van der Waals surface area contributed by atoms with Crippen LogP contribution in [0.1, 0.15) is 29.8 Å². The van der Waals surface area contributed by atoms with E-state index in [2.05, 4.69) is 0 Å². The fourth-order valence-corrected chi connectivity index (χ4v) is 2.71. The molecule has 0 bridgehead atoms. The van der Waals surface area contributed by atoms with E-state index < -0.39 is 0 Å². The van der Waals surface area contributed by atoms with E-state index in [1.165, 1.54) is 0 Å². The number of rotatable bonds is 6. The molecule has 0 spiro atoms. The minimum Gasteiger partial charge on any atom is -0.483 e. The lowest BCUT2D eigenvalue weighted by molar-refractivity contribution is -0.120. The molecule has 2 aromatic rings. The number of nitrogens with zero attached hydrogens (tertiary/aromatic N) is 1. The molecule has 0 saturated heterocycles. The van der Waals surface area contributed by atoms with E-state index in [0.29, 0.717) is 22.0 Å². The smallest absolute Gasteiger partial charge is 0.265 e. The Hall–Kier alpha value is -2.33. The van der Waals surface area contributed by atoms with E-state index in [1.54, 1.807) is 29.2 Å². The highest BCUT2D eigenvalue weighted by Gasteiger charge is 2.22. The van der Waals surface area contributed by atoms with E-state index in [9.17, 15) is 9.59 Å². The first-order chi connectivity index (χ1) is 11.5. The Balaban J connectivity index is 2.20. The first-order valence-electron chi connectivity index (χ1n) is 7.70. The van der Waals surface area contributed by atoms with Gasteiger partial charge in [0.1, 0.15) is 5.75 Å². The van der Waals surface area contributed by atoms with Gasteiger partial charge in [0, 0.05) is 6.04 Å². The van der Waals surface area contributed by atoms with Crippen LogP contribution in [0.2, 0.25) is 5.02 Å². The molecule has 0 radical (unpaired) electrons. The molecular weight excluding hydrogens is 326 g/mol. The van der Waals surface area contributed by atoms with Crippen LogP contribution in [0.4, 0.5) is 5.69 Å². The summed E-state index contributed by atoms with van der Waals surface area (Å²) < 4.78 is 5.60. The predicted molar refractivity (Wildman–Crippen MR) is 96.1 cm³/mol. The van der Waals surface area contributed by atoms with Gasteiger partial charge in [0.15, 0.2) is 12.9 Å². The van der Waals surface area contributed by atoms with Crippen LogP contribution in [0.5, 0.6) is 5.75 Å². The van der Waals surface area contributed by atoms with Crippen molar-refractivity contribution in [2.24, 2.45) is 0 Å². The number of carbonyl (C=O) groups excluding carboxylic acids is 2. The summed E-state index contributed by atoms with van der Waals surface area (Å²) in [5.74, 6) is 0.178. The number of carbonyl (C=O) groups is 2. The lowest BCUT2D eigenvalue weighted by atomic mass is 10.1. The summed E-state index contributed by atoms with van der Waals surface area (Å²) in [6.45, 7) is 5.46. The molecule has 2 rings (SSSR count). The van der Waals surface area contributed by atoms with E-state index in [0.717, 1.165) is 11.8 Å². The molecular formula is C19H20ClNO3. The van der Waals surface area contributed by atoms with E-state index in [-0.39, 0.29) is 18.6 Å². The topological polar surface area (TPSA) is 46.6 Å². The van der Waals surface area contributed by atoms with Crippen LogP contribution in [0.15, 0.2) is 42.5 Å². The van der Waals surface area contributed by atoms with Crippen molar-refractivity contribution in [1.29, 1.82) is 0 Å². The van der Waals surface area contributed by atoms with Crippen molar-refractivity contribution in [2.45, 2.75) is 26.8 Å². The lowest BCUT2D eigenvalue weighted by Crippen LogP contribution is -2.40. The van der Waals surface area contributed by atoms with Gasteiger partial charge < -0.3 is 9.64 Å². The Morgan fingerprint density at radius 1 is 1.21 bits per heavy atom. The van der Waals surface area contributed by atoms with Crippen molar-refractivity contribution in [3.8, 4) is 5.75 Å². The Labute approximate surface area is 147 Å². The van der Waals surface area contributed by atoms with Gasteiger partial charge in [0.2, 0.25) is 0 Å². The molecule has 0 saturated carbocycles. The number of para-hydroxylation sites is 1. The van der Waals surface area contributed by atoms with Crippen molar-refractivity contribution >= 4 is 29.5 Å². The summed E-state index contributed by atoms with van der Waals surface area (Å²) in [5, 5.41) is 0.503. The summed E-state index contributed by atoms with van der Waals surface area (Å²) >= 11 is 6.21. The fourth-order valence-electron chi connectivity index (χ4n) is 2.49. The van der Waals surface area contributed by atoms with Gasteiger partial charge in [-0.15, -0.1) is 0 Å². The molecule has 0 atom stereocenters. The minimum absolute atomic E-state index is 0.0796. The van der Waals surface area contributed by atoms with E-state index in [4.69, 9.17) is 16.3 Å². The van der Waals surface area contributed by atoms with Crippen molar-refractivity contribution in [2.75, 3.05) is 11.5 Å². The maximum absolute atomic E-state index is 12.6. The van der Waals surface area contributed by atoms with Crippen molar-refractivity contribution < 1.29 is 14.3 Å². The molecule has 0 N–H and O–H groups in total. The largest absolute Gasteiger partial charge is 0.483 e. The number of ether oxygens (including phenoxy) is 1. The monoisotopic (exact) mass is 345 g/mol. The molecule has 0 aliphatic rings. The molecule has 0 unspecified atom stereocenters. The third-order valence-corrected chi connectivity index (χ3v) is 3.97. The average Bonchev–Trinajstić information content (AvgIpc) is 2.54. The number of aryl methyl sites for hydroxylation is 1. The molecule has 5 heteroatoms. The second-order valence-electron chi connectivity index (χ2n) is 5.70. The third-order valence-electron chi connectivity index (χ3n) is 3.65. The van der Waals surface area contributed by atoms with Crippen LogP contribution in [0.25, 0.3) is 0 Å². The number of hydrogen-bond acceptors (Lipinski definition) is 3. The maximum atomic E-state index is 12.6. The summed E-state index contributed by atoms with van der Waals surface area (Å²) in [6.07, 6.45) is 0.740. The lowest BCUT2D eigenvalue weighted by Gasteiger charge is -2.27. The number of amides is 1.